The first kappa shape index (κ1) is 17.7. The summed E-state index contributed by atoms with van der Waals surface area (Å²) in [5.41, 5.74) is 2.46. The summed E-state index contributed by atoms with van der Waals surface area (Å²) >= 11 is 1.54. The maximum atomic E-state index is 12.9. The van der Waals surface area contributed by atoms with Crippen LogP contribution in [0.15, 0.2) is 18.5 Å². The van der Waals surface area contributed by atoms with Gasteiger partial charge in [-0.15, -0.1) is 11.3 Å². The summed E-state index contributed by atoms with van der Waals surface area (Å²) in [5.74, 6) is 0.147. The van der Waals surface area contributed by atoms with Crippen LogP contribution in [0.3, 0.4) is 0 Å². The van der Waals surface area contributed by atoms with Crippen LogP contribution in [-0.2, 0) is 23.3 Å². The topological polar surface area (TPSA) is 61.5 Å². The Kier molecular flexibility index (Phi) is 4.86. The molecule has 0 aliphatic carbocycles. The molecule has 1 amide bonds. The third kappa shape index (κ3) is 2.88. The number of aromatic nitrogens is 2. The van der Waals surface area contributed by atoms with Gasteiger partial charge in [0, 0.05) is 43.7 Å². The highest BCUT2D eigenvalue weighted by molar-refractivity contribution is 7.14. The van der Waals surface area contributed by atoms with Crippen LogP contribution in [0.25, 0.3) is 0 Å². The van der Waals surface area contributed by atoms with Crippen molar-refractivity contribution >= 4 is 17.2 Å². The average Bonchev–Trinajstić information content (AvgIpc) is 3.32. The van der Waals surface area contributed by atoms with E-state index in [2.05, 4.69) is 21.8 Å². The fourth-order valence-electron chi connectivity index (χ4n) is 4.49. The van der Waals surface area contributed by atoms with Gasteiger partial charge < -0.3 is 14.6 Å². The predicted octanol–water partition coefficient (Wildman–Crippen LogP) is 2.63. The number of likely N-dealkylation sites (N-methyl/N-ethyl adjacent to an activating group) is 1. The lowest BCUT2D eigenvalue weighted by molar-refractivity contribution is 0.0104. The summed E-state index contributed by atoms with van der Waals surface area (Å²) in [4.78, 5) is 27.3. The highest BCUT2D eigenvalue weighted by atomic mass is 32.1. The molecule has 0 radical (unpaired) electrons. The van der Waals surface area contributed by atoms with Gasteiger partial charge >= 0.3 is 0 Å². The summed E-state index contributed by atoms with van der Waals surface area (Å²) in [6.07, 6.45) is 4.75. The number of nitrogens with one attached hydrogen (secondary N) is 1. The molecule has 0 unspecified atom stereocenters. The van der Waals surface area contributed by atoms with Crippen LogP contribution >= 0.6 is 11.3 Å². The van der Waals surface area contributed by atoms with Crippen molar-refractivity contribution in [3.8, 4) is 0 Å². The number of H-pyrrole nitrogens is 1. The van der Waals surface area contributed by atoms with Gasteiger partial charge in [0.2, 0.25) is 0 Å². The molecular weight excluding hydrogens is 348 g/mol. The maximum Gasteiger partial charge on any atom is 0.263 e. The number of nitrogens with zero attached hydrogens (tertiary/aromatic N) is 3. The van der Waals surface area contributed by atoms with E-state index in [4.69, 9.17) is 4.74 Å². The number of amides is 1. The van der Waals surface area contributed by atoms with Crippen LogP contribution in [0.4, 0.5) is 0 Å². The molecule has 0 aromatic carbocycles. The minimum Gasteiger partial charge on any atom is -0.379 e. The third-order valence-corrected chi connectivity index (χ3v) is 6.86. The second kappa shape index (κ2) is 7.13. The maximum absolute atomic E-state index is 12.9. The van der Waals surface area contributed by atoms with Crippen molar-refractivity contribution in [3.05, 3.63) is 39.6 Å². The van der Waals surface area contributed by atoms with E-state index < -0.39 is 0 Å². The molecule has 7 heteroatoms. The van der Waals surface area contributed by atoms with Gasteiger partial charge in [-0.25, -0.2) is 4.98 Å². The standard InChI is InChI=1S/C19H26N4O2S/c1-3-23-9-6-15-17(21-13-20-15)19(23)7-10-22(11-8-19)18(24)16-5-4-14(26-16)12-25-2/h4-5,13H,3,6-12H2,1-2H3,(H,20,21). The zero-order valence-corrected chi connectivity index (χ0v) is 16.3. The van der Waals surface area contributed by atoms with Gasteiger partial charge in [0.25, 0.3) is 5.91 Å². The second-order valence-electron chi connectivity index (χ2n) is 7.08. The number of hydrogen-bond donors (Lipinski definition) is 1. The number of carbonyl (C=O) groups is 1. The van der Waals surface area contributed by atoms with E-state index in [1.165, 1.54) is 22.7 Å². The molecule has 1 fully saturated rings. The number of imidazole rings is 1. The van der Waals surface area contributed by atoms with E-state index in [-0.39, 0.29) is 11.4 Å². The van der Waals surface area contributed by atoms with Gasteiger partial charge in [0.15, 0.2) is 0 Å². The molecule has 1 saturated heterocycles. The van der Waals surface area contributed by atoms with Crippen molar-refractivity contribution in [1.82, 2.24) is 19.8 Å². The van der Waals surface area contributed by atoms with E-state index in [1.54, 1.807) is 7.11 Å². The van der Waals surface area contributed by atoms with Crippen molar-refractivity contribution < 1.29 is 9.53 Å². The quantitative estimate of drug-likeness (QED) is 0.894. The smallest absolute Gasteiger partial charge is 0.263 e. The molecule has 1 spiro atoms. The Labute approximate surface area is 158 Å². The molecule has 4 rings (SSSR count). The lowest BCUT2D eigenvalue weighted by Crippen LogP contribution is -2.57. The second-order valence-corrected chi connectivity index (χ2v) is 8.25. The molecule has 26 heavy (non-hydrogen) atoms. The van der Waals surface area contributed by atoms with Crippen LogP contribution in [-0.4, -0.2) is 59.0 Å². The van der Waals surface area contributed by atoms with Gasteiger partial charge in [-0.1, -0.05) is 6.92 Å². The number of methoxy groups -OCH3 is 1. The summed E-state index contributed by atoms with van der Waals surface area (Å²) < 4.78 is 5.16. The molecule has 0 saturated carbocycles. The number of fused-ring (bicyclic) bond motifs is 2. The van der Waals surface area contributed by atoms with Crippen LogP contribution < -0.4 is 0 Å². The molecule has 2 aliphatic rings. The summed E-state index contributed by atoms with van der Waals surface area (Å²) in [5, 5.41) is 0. The van der Waals surface area contributed by atoms with Gasteiger partial charge in [0.05, 0.1) is 29.0 Å². The Balaban J connectivity index is 1.50. The van der Waals surface area contributed by atoms with E-state index in [0.29, 0.717) is 6.61 Å². The largest absolute Gasteiger partial charge is 0.379 e. The number of ether oxygens (including phenoxy) is 1. The minimum absolute atomic E-state index is 0.0181. The predicted molar refractivity (Wildman–Crippen MR) is 101 cm³/mol. The molecule has 140 valence electrons. The molecule has 2 aromatic heterocycles. The Bertz CT molecular complexity index is 776. The van der Waals surface area contributed by atoms with Gasteiger partial charge in [-0.3, -0.25) is 9.69 Å². The molecule has 6 nitrogen and oxygen atoms in total. The normalized spacial score (nSPS) is 19.7. The van der Waals surface area contributed by atoms with E-state index in [0.717, 1.165) is 55.2 Å². The SMILES string of the molecule is CCN1CCc2[nH]cnc2C12CCN(C(=O)c1ccc(COC)s1)CC2. The lowest BCUT2D eigenvalue weighted by Gasteiger charge is -2.50. The molecule has 2 aliphatic heterocycles. The van der Waals surface area contributed by atoms with Crippen LogP contribution in [0.2, 0.25) is 0 Å². The highest BCUT2D eigenvalue weighted by Gasteiger charge is 2.46. The Morgan fingerprint density at radius 3 is 2.88 bits per heavy atom. The fraction of sp³-hybridized carbons (Fsp3) is 0.579. The molecule has 4 heterocycles. The Morgan fingerprint density at radius 1 is 1.35 bits per heavy atom. The fourth-order valence-corrected chi connectivity index (χ4v) is 5.43. The zero-order chi connectivity index (χ0) is 18.1. The van der Waals surface area contributed by atoms with E-state index in [1.807, 2.05) is 23.4 Å². The molecular formula is C19H26N4O2S. The summed E-state index contributed by atoms with van der Waals surface area (Å²) in [6.45, 7) is 6.42. The Morgan fingerprint density at radius 2 is 2.15 bits per heavy atom. The first-order valence-electron chi connectivity index (χ1n) is 9.32. The van der Waals surface area contributed by atoms with Gasteiger partial charge in [-0.2, -0.15) is 0 Å². The third-order valence-electron chi connectivity index (χ3n) is 5.81. The number of carbonyl (C=O) groups excluding carboxylic acids is 1. The van der Waals surface area contributed by atoms with E-state index >= 15 is 0 Å². The molecule has 0 bridgehead atoms. The van der Waals surface area contributed by atoms with Crippen LogP contribution in [0, 0.1) is 0 Å². The van der Waals surface area contributed by atoms with Gasteiger partial charge in [-0.05, 0) is 31.5 Å². The minimum atomic E-state index is -0.0181. The first-order valence-corrected chi connectivity index (χ1v) is 10.1. The summed E-state index contributed by atoms with van der Waals surface area (Å²) in [7, 11) is 1.68. The molecule has 0 atom stereocenters. The highest BCUT2D eigenvalue weighted by Crippen LogP contribution is 2.42. The average molecular weight is 375 g/mol. The van der Waals surface area contributed by atoms with Crippen molar-refractivity contribution in [2.45, 2.75) is 38.3 Å². The van der Waals surface area contributed by atoms with Crippen molar-refractivity contribution in [1.29, 1.82) is 0 Å². The zero-order valence-electron chi connectivity index (χ0n) is 15.5. The lowest BCUT2D eigenvalue weighted by atomic mass is 9.78. The first-order chi connectivity index (χ1) is 12.7. The Hall–Kier alpha value is -1.70. The van der Waals surface area contributed by atoms with Crippen LogP contribution in [0.5, 0.6) is 0 Å². The molecule has 2 aromatic rings. The number of piperidine rings is 1. The van der Waals surface area contributed by atoms with Crippen molar-refractivity contribution in [2.75, 3.05) is 33.3 Å². The molecule has 1 N–H and O–H groups in total. The number of rotatable bonds is 4. The number of hydrogen-bond acceptors (Lipinski definition) is 5. The number of likely N-dealkylation sites (tertiary alicyclic amines) is 1. The number of thiophene rings is 1. The number of aromatic amines is 1. The van der Waals surface area contributed by atoms with E-state index in [9.17, 15) is 4.79 Å². The van der Waals surface area contributed by atoms with Crippen molar-refractivity contribution in [3.63, 3.8) is 0 Å². The summed E-state index contributed by atoms with van der Waals surface area (Å²) in [6, 6.07) is 3.92. The monoisotopic (exact) mass is 374 g/mol. The van der Waals surface area contributed by atoms with Crippen LogP contribution in [0.1, 0.15) is 45.7 Å². The van der Waals surface area contributed by atoms with Crippen molar-refractivity contribution in [2.24, 2.45) is 0 Å². The van der Waals surface area contributed by atoms with Gasteiger partial charge in [0.1, 0.15) is 0 Å².